The average Bonchev–Trinajstić information content (AvgIpc) is 2.11. The fourth-order valence-electron chi connectivity index (χ4n) is 0.974. The van der Waals surface area contributed by atoms with E-state index in [0.717, 1.165) is 0 Å². The molecule has 0 saturated heterocycles. The first kappa shape index (κ1) is 13.0. The monoisotopic (exact) mass is 254 g/mol. The molecule has 0 bridgehead atoms. The van der Waals surface area contributed by atoms with Gasteiger partial charge in [0.15, 0.2) is 0 Å². The number of alkyl halides is 3. The lowest BCUT2D eigenvalue weighted by molar-refractivity contribution is -0.139. The van der Waals surface area contributed by atoms with Crippen LogP contribution in [0.4, 0.5) is 13.2 Å². The highest BCUT2D eigenvalue weighted by Crippen LogP contribution is 2.24. The molecule has 1 aromatic rings. The van der Waals surface area contributed by atoms with Gasteiger partial charge in [0.25, 0.3) is 0 Å². The zero-order chi connectivity index (χ0) is 12.3. The molecule has 1 heterocycles. The minimum atomic E-state index is -4.24. The Morgan fingerprint density at radius 3 is 2.44 bits per heavy atom. The number of aryl methyl sites for hydroxylation is 1. The maximum Gasteiger partial charge on any atom is 0.392 e. The number of nitrogens with zero attached hydrogens (tertiary/aromatic N) is 2. The van der Waals surface area contributed by atoms with Crippen LogP contribution >= 0.6 is 11.6 Å². The average molecular weight is 255 g/mol. The van der Waals surface area contributed by atoms with E-state index in [1.165, 1.54) is 0 Å². The molecule has 0 aromatic carbocycles. The van der Waals surface area contributed by atoms with Gasteiger partial charge in [-0.15, -0.1) is 0 Å². The lowest BCUT2D eigenvalue weighted by Crippen LogP contribution is -2.14. The molecule has 0 aliphatic heterocycles. The highest BCUT2D eigenvalue weighted by atomic mass is 35.5. The molecule has 0 atom stereocenters. The van der Waals surface area contributed by atoms with Crippen molar-refractivity contribution in [3.63, 3.8) is 0 Å². The van der Waals surface area contributed by atoms with Gasteiger partial charge in [-0.3, -0.25) is 0 Å². The topological polar surface area (TPSA) is 35.0 Å². The van der Waals surface area contributed by atoms with E-state index in [9.17, 15) is 13.2 Å². The fourth-order valence-corrected chi connectivity index (χ4v) is 1.18. The van der Waals surface area contributed by atoms with Crippen LogP contribution in [0.3, 0.4) is 0 Å². The molecule has 0 fully saturated rings. The Morgan fingerprint density at radius 1 is 1.25 bits per heavy atom. The number of ether oxygens (including phenoxy) is 1. The molecule has 0 amide bonds. The maximum atomic E-state index is 11.9. The molecule has 0 radical (unpaired) electrons. The maximum absolute atomic E-state index is 11.9. The van der Waals surface area contributed by atoms with E-state index < -0.39 is 19.2 Å². The molecule has 0 aliphatic rings. The van der Waals surface area contributed by atoms with Gasteiger partial charge in [0.2, 0.25) is 5.88 Å². The fraction of sp³-hybridized carbons (Fsp3) is 0.556. The Labute approximate surface area is 95.6 Å². The standard InChI is InChI=1S/C9H10ClF3N2O/c1-5-7(10)14-6(2)15-8(5)16-4-3-9(11,12)13/h3-4H2,1-2H3. The third kappa shape index (κ3) is 3.84. The Balaban J connectivity index is 2.67. The Kier molecular flexibility index (Phi) is 3.96. The summed E-state index contributed by atoms with van der Waals surface area (Å²) < 4.78 is 40.6. The summed E-state index contributed by atoms with van der Waals surface area (Å²) >= 11 is 5.73. The van der Waals surface area contributed by atoms with Gasteiger partial charge >= 0.3 is 6.18 Å². The van der Waals surface area contributed by atoms with E-state index >= 15 is 0 Å². The summed E-state index contributed by atoms with van der Waals surface area (Å²) in [7, 11) is 0. The molecule has 1 aromatic heterocycles. The van der Waals surface area contributed by atoms with Crippen LogP contribution in [0.5, 0.6) is 5.88 Å². The van der Waals surface area contributed by atoms with Crippen molar-refractivity contribution in [2.45, 2.75) is 26.4 Å². The van der Waals surface area contributed by atoms with E-state index in [0.29, 0.717) is 11.4 Å². The van der Waals surface area contributed by atoms with Crippen LogP contribution in [0.25, 0.3) is 0 Å². The summed E-state index contributed by atoms with van der Waals surface area (Å²) in [5.74, 6) is 0.458. The molecular formula is C9H10ClF3N2O. The van der Waals surface area contributed by atoms with Gasteiger partial charge in [0.05, 0.1) is 13.0 Å². The number of aromatic nitrogens is 2. The highest BCUT2D eigenvalue weighted by Gasteiger charge is 2.27. The first-order valence-electron chi connectivity index (χ1n) is 4.50. The van der Waals surface area contributed by atoms with Gasteiger partial charge in [0, 0.05) is 5.56 Å². The van der Waals surface area contributed by atoms with Crippen LogP contribution in [0, 0.1) is 13.8 Å². The van der Waals surface area contributed by atoms with Gasteiger partial charge in [-0.25, -0.2) is 4.98 Å². The molecule has 16 heavy (non-hydrogen) atoms. The van der Waals surface area contributed by atoms with Crippen molar-refractivity contribution in [2.24, 2.45) is 0 Å². The Bertz CT molecular complexity index is 382. The summed E-state index contributed by atoms with van der Waals surface area (Å²) in [4.78, 5) is 7.71. The lowest BCUT2D eigenvalue weighted by Gasteiger charge is -2.10. The quantitative estimate of drug-likeness (QED) is 0.778. The van der Waals surface area contributed by atoms with Crippen molar-refractivity contribution >= 4 is 11.6 Å². The molecule has 90 valence electrons. The first-order chi connectivity index (χ1) is 7.29. The van der Waals surface area contributed by atoms with E-state index in [4.69, 9.17) is 16.3 Å². The van der Waals surface area contributed by atoms with Crippen LogP contribution in [0.2, 0.25) is 5.15 Å². The molecule has 0 saturated carbocycles. The molecule has 1 rings (SSSR count). The zero-order valence-corrected chi connectivity index (χ0v) is 9.48. The van der Waals surface area contributed by atoms with Crippen LogP contribution in [-0.2, 0) is 0 Å². The SMILES string of the molecule is Cc1nc(Cl)c(C)c(OCCC(F)(F)F)n1. The summed E-state index contributed by atoms with van der Waals surface area (Å²) in [6, 6.07) is 0. The van der Waals surface area contributed by atoms with Crippen molar-refractivity contribution in [2.75, 3.05) is 6.61 Å². The minimum Gasteiger partial charge on any atom is -0.477 e. The molecule has 7 heteroatoms. The summed E-state index contributed by atoms with van der Waals surface area (Å²) in [6.07, 6.45) is -5.26. The van der Waals surface area contributed by atoms with Crippen molar-refractivity contribution in [3.05, 3.63) is 16.5 Å². The first-order valence-corrected chi connectivity index (χ1v) is 4.87. The van der Waals surface area contributed by atoms with Crippen LogP contribution in [0.15, 0.2) is 0 Å². The van der Waals surface area contributed by atoms with Gasteiger partial charge in [-0.1, -0.05) is 11.6 Å². The molecule has 3 nitrogen and oxygen atoms in total. The van der Waals surface area contributed by atoms with E-state index in [-0.39, 0.29) is 11.0 Å². The second-order valence-corrected chi connectivity index (χ2v) is 3.56. The largest absolute Gasteiger partial charge is 0.477 e. The zero-order valence-electron chi connectivity index (χ0n) is 8.73. The van der Waals surface area contributed by atoms with Gasteiger partial charge in [-0.05, 0) is 13.8 Å². The summed E-state index contributed by atoms with van der Waals surface area (Å²) in [5.41, 5.74) is 0.439. The number of hydrogen-bond donors (Lipinski definition) is 0. The predicted molar refractivity (Wildman–Crippen MR) is 52.7 cm³/mol. The van der Waals surface area contributed by atoms with E-state index in [2.05, 4.69) is 9.97 Å². The van der Waals surface area contributed by atoms with E-state index in [1.54, 1.807) is 13.8 Å². The molecular weight excluding hydrogens is 245 g/mol. The second kappa shape index (κ2) is 4.86. The van der Waals surface area contributed by atoms with Crippen LogP contribution < -0.4 is 4.74 Å². The van der Waals surface area contributed by atoms with Crippen LogP contribution in [0.1, 0.15) is 17.8 Å². The number of halogens is 4. The molecule has 0 unspecified atom stereocenters. The van der Waals surface area contributed by atoms with Crippen molar-refractivity contribution in [1.29, 1.82) is 0 Å². The van der Waals surface area contributed by atoms with Crippen molar-refractivity contribution < 1.29 is 17.9 Å². The predicted octanol–water partition coefficient (Wildman–Crippen LogP) is 3.08. The smallest absolute Gasteiger partial charge is 0.392 e. The number of rotatable bonds is 3. The second-order valence-electron chi connectivity index (χ2n) is 3.21. The van der Waals surface area contributed by atoms with Crippen molar-refractivity contribution in [3.8, 4) is 5.88 Å². The van der Waals surface area contributed by atoms with Gasteiger partial charge < -0.3 is 4.74 Å². The highest BCUT2D eigenvalue weighted by molar-refractivity contribution is 6.30. The Hall–Kier alpha value is -1.04. The normalized spacial score (nSPS) is 11.6. The molecule has 0 N–H and O–H groups in total. The van der Waals surface area contributed by atoms with E-state index in [1.807, 2.05) is 0 Å². The number of hydrogen-bond acceptors (Lipinski definition) is 3. The Morgan fingerprint density at radius 2 is 1.88 bits per heavy atom. The molecule has 0 aliphatic carbocycles. The third-order valence-electron chi connectivity index (χ3n) is 1.78. The minimum absolute atomic E-state index is 0.0988. The molecule has 0 spiro atoms. The van der Waals surface area contributed by atoms with Gasteiger partial charge in [-0.2, -0.15) is 18.2 Å². The lowest BCUT2D eigenvalue weighted by atomic mass is 10.3. The van der Waals surface area contributed by atoms with Crippen molar-refractivity contribution in [1.82, 2.24) is 9.97 Å². The van der Waals surface area contributed by atoms with Crippen LogP contribution in [-0.4, -0.2) is 22.8 Å². The van der Waals surface area contributed by atoms with Gasteiger partial charge in [0.1, 0.15) is 11.0 Å². The third-order valence-corrected chi connectivity index (χ3v) is 2.15. The summed E-state index contributed by atoms with van der Waals surface area (Å²) in [5, 5.41) is 0.189. The summed E-state index contributed by atoms with van der Waals surface area (Å²) in [6.45, 7) is 2.70.